The first kappa shape index (κ1) is 16.0. The van der Waals surface area contributed by atoms with E-state index in [2.05, 4.69) is 39.9 Å². The molecule has 0 N–H and O–H groups in total. The van der Waals surface area contributed by atoms with E-state index in [1.807, 2.05) is 18.2 Å². The van der Waals surface area contributed by atoms with Gasteiger partial charge in [-0.1, -0.05) is 18.2 Å². The summed E-state index contributed by atoms with van der Waals surface area (Å²) < 4.78 is 28.2. The average Bonchev–Trinajstić information content (AvgIpc) is 2.95. The number of para-hydroxylation sites is 1. The van der Waals surface area contributed by atoms with Gasteiger partial charge in [0.1, 0.15) is 4.21 Å². The number of hydrogen-bond acceptors (Lipinski definition) is 4. The molecule has 1 saturated heterocycles. The van der Waals surface area contributed by atoms with Crippen molar-refractivity contribution in [2.75, 3.05) is 24.5 Å². The van der Waals surface area contributed by atoms with E-state index in [0.29, 0.717) is 23.8 Å². The highest BCUT2D eigenvalue weighted by molar-refractivity contribution is 9.11. The number of thiophene rings is 1. The Morgan fingerprint density at radius 1 is 1.14 bits per heavy atom. The van der Waals surface area contributed by atoms with Crippen LogP contribution in [0.3, 0.4) is 0 Å². The second-order valence-corrected chi connectivity index (χ2v) is 9.93. The lowest BCUT2D eigenvalue weighted by atomic mass is 10.2. The lowest BCUT2D eigenvalue weighted by Gasteiger charge is -2.40. The van der Waals surface area contributed by atoms with E-state index in [1.54, 1.807) is 16.4 Å². The van der Waals surface area contributed by atoms with Crippen molar-refractivity contribution in [2.24, 2.45) is 0 Å². The predicted octanol–water partition coefficient (Wildman–Crippen LogP) is 3.41. The van der Waals surface area contributed by atoms with Crippen LogP contribution in [0.25, 0.3) is 0 Å². The summed E-state index contributed by atoms with van der Waals surface area (Å²) in [7, 11) is -3.38. The first-order chi connectivity index (χ1) is 10.5. The van der Waals surface area contributed by atoms with E-state index in [4.69, 9.17) is 0 Å². The van der Waals surface area contributed by atoms with Crippen molar-refractivity contribution < 1.29 is 8.42 Å². The zero-order valence-corrected chi connectivity index (χ0v) is 15.4. The van der Waals surface area contributed by atoms with Crippen molar-refractivity contribution in [3.8, 4) is 0 Å². The largest absolute Gasteiger partial charge is 0.366 e. The fourth-order valence-corrected chi connectivity index (χ4v) is 6.39. The van der Waals surface area contributed by atoms with Crippen LogP contribution in [0, 0.1) is 0 Å². The molecule has 1 aliphatic heterocycles. The molecule has 1 unspecified atom stereocenters. The molecule has 0 saturated carbocycles. The van der Waals surface area contributed by atoms with E-state index >= 15 is 0 Å². The molecule has 3 rings (SSSR count). The molecule has 0 aliphatic carbocycles. The molecule has 0 spiro atoms. The minimum Gasteiger partial charge on any atom is -0.366 e. The Bertz CT molecular complexity index is 746. The highest BCUT2D eigenvalue weighted by Crippen LogP contribution is 2.30. The molecule has 1 aromatic carbocycles. The molecule has 1 atom stereocenters. The Hall–Kier alpha value is -0.890. The van der Waals surface area contributed by atoms with E-state index in [9.17, 15) is 8.42 Å². The highest BCUT2D eigenvalue weighted by Gasteiger charge is 2.33. The van der Waals surface area contributed by atoms with Crippen molar-refractivity contribution >= 4 is 43.0 Å². The topological polar surface area (TPSA) is 40.6 Å². The average molecular weight is 401 g/mol. The fourth-order valence-electron chi connectivity index (χ4n) is 2.71. The molecule has 4 nitrogen and oxygen atoms in total. The molecule has 0 radical (unpaired) electrons. The molecule has 0 bridgehead atoms. The quantitative estimate of drug-likeness (QED) is 0.792. The van der Waals surface area contributed by atoms with Gasteiger partial charge in [0.25, 0.3) is 10.0 Å². The zero-order valence-electron chi connectivity index (χ0n) is 12.1. The van der Waals surface area contributed by atoms with E-state index in [-0.39, 0.29) is 6.04 Å². The second kappa shape index (κ2) is 6.31. The molecular weight excluding hydrogens is 384 g/mol. The summed E-state index contributed by atoms with van der Waals surface area (Å²) in [5, 5.41) is 0. The molecule has 2 aromatic rings. The molecule has 1 aromatic heterocycles. The van der Waals surface area contributed by atoms with Crippen molar-refractivity contribution in [2.45, 2.75) is 17.2 Å². The van der Waals surface area contributed by atoms with Gasteiger partial charge in [0, 0.05) is 31.4 Å². The summed E-state index contributed by atoms with van der Waals surface area (Å²) in [4.78, 5) is 2.26. The lowest BCUT2D eigenvalue weighted by Crippen LogP contribution is -2.53. The van der Waals surface area contributed by atoms with Crippen LogP contribution in [0.15, 0.2) is 50.5 Å². The number of benzene rings is 1. The standard InChI is InChI=1S/C15H17BrN2O2S2/c1-12-11-17(22(19,20)15-8-7-14(16)21-15)9-10-18(12)13-5-3-2-4-6-13/h2-8,12H,9-11H2,1H3. The smallest absolute Gasteiger partial charge is 0.252 e. The summed E-state index contributed by atoms with van der Waals surface area (Å²) in [6.45, 7) is 3.79. The van der Waals surface area contributed by atoms with Crippen LogP contribution < -0.4 is 4.90 Å². The minimum absolute atomic E-state index is 0.148. The van der Waals surface area contributed by atoms with Crippen molar-refractivity contribution in [1.82, 2.24) is 4.31 Å². The summed E-state index contributed by atoms with van der Waals surface area (Å²) in [5.41, 5.74) is 1.14. The van der Waals surface area contributed by atoms with E-state index in [0.717, 1.165) is 9.47 Å². The van der Waals surface area contributed by atoms with Crippen LogP contribution in [0.2, 0.25) is 0 Å². The third-order valence-corrected chi connectivity index (χ3v) is 7.78. The number of rotatable bonds is 3. The number of piperazine rings is 1. The van der Waals surface area contributed by atoms with Crippen molar-refractivity contribution in [3.63, 3.8) is 0 Å². The number of hydrogen-bond donors (Lipinski definition) is 0. The lowest BCUT2D eigenvalue weighted by molar-refractivity contribution is 0.343. The first-order valence-corrected chi connectivity index (χ1v) is 10.1. The van der Waals surface area contributed by atoms with Gasteiger partial charge < -0.3 is 4.90 Å². The van der Waals surface area contributed by atoms with Gasteiger partial charge in [0.2, 0.25) is 0 Å². The summed E-state index contributed by atoms with van der Waals surface area (Å²) in [6.07, 6.45) is 0. The third kappa shape index (κ3) is 3.08. The molecule has 1 aliphatic rings. The van der Waals surface area contributed by atoms with Gasteiger partial charge in [-0.25, -0.2) is 8.42 Å². The number of halogens is 1. The maximum absolute atomic E-state index is 12.7. The van der Waals surface area contributed by atoms with Crippen molar-refractivity contribution in [3.05, 3.63) is 46.3 Å². The molecule has 22 heavy (non-hydrogen) atoms. The van der Waals surface area contributed by atoms with Crippen LogP contribution in [-0.2, 0) is 10.0 Å². The van der Waals surface area contributed by atoms with Crippen LogP contribution in [-0.4, -0.2) is 38.4 Å². The first-order valence-electron chi connectivity index (χ1n) is 7.05. The van der Waals surface area contributed by atoms with Crippen LogP contribution in [0.4, 0.5) is 5.69 Å². The number of nitrogens with zero attached hydrogens (tertiary/aromatic N) is 2. The Kier molecular flexibility index (Phi) is 4.59. The SMILES string of the molecule is CC1CN(S(=O)(=O)c2ccc(Br)s2)CCN1c1ccccc1. The van der Waals surface area contributed by atoms with Crippen molar-refractivity contribution in [1.29, 1.82) is 0 Å². The van der Waals surface area contributed by atoms with Gasteiger partial charge in [-0.15, -0.1) is 11.3 Å². The number of anilines is 1. The van der Waals surface area contributed by atoms with Gasteiger partial charge in [-0.3, -0.25) is 0 Å². The number of sulfonamides is 1. The van der Waals surface area contributed by atoms with E-state index in [1.165, 1.54) is 11.3 Å². The van der Waals surface area contributed by atoms with Crippen LogP contribution in [0.1, 0.15) is 6.92 Å². The van der Waals surface area contributed by atoms with Gasteiger partial charge in [-0.2, -0.15) is 4.31 Å². The monoisotopic (exact) mass is 400 g/mol. The predicted molar refractivity (Wildman–Crippen MR) is 94.0 cm³/mol. The van der Waals surface area contributed by atoms with Gasteiger partial charge in [0.05, 0.1) is 3.79 Å². The van der Waals surface area contributed by atoms with Crippen LogP contribution >= 0.6 is 27.3 Å². The second-order valence-electron chi connectivity index (χ2n) is 5.30. The zero-order chi connectivity index (χ0) is 15.7. The molecule has 0 amide bonds. The molecule has 2 heterocycles. The van der Waals surface area contributed by atoms with Gasteiger partial charge in [-0.05, 0) is 47.1 Å². The Morgan fingerprint density at radius 3 is 2.45 bits per heavy atom. The third-order valence-electron chi connectivity index (χ3n) is 3.82. The maximum atomic E-state index is 12.7. The fraction of sp³-hybridized carbons (Fsp3) is 0.333. The molecular formula is C15H17BrN2O2S2. The van der Waals surface area contributed by atoms with Gasteiger partial charge in [0.15, 0.2) is 0 Å². The highest BCUT2D eigenvalue weighted by atomic mass is 79.9. The molecule has 7 heteroatoms. The summed E-state index contributed by atoms with van der Waals surface area (Å²) >= 11 is 4.59. The van der Waals surface area contributed by atoms with Crippen LogP contribution in [0.5, 0.6) is 0 Å². The minimum atomic E-state index is -3.38. The Labute approximate surface area is 143 Å². The Balaban J connectivity index is 1.78. The maximum Gasteiger partial charge on any atom is 0.252 e. The Morgan fingerprint density at radius 2 is 1.86 bits per heavy atom. The molecule has 118 valence electrons. The summed E-state index contributed by atoms with van der Waals surface area (Å²) in [6, 6.07) is 13.7. The van der Waals surface area contributed by atoms with Gasteiger partial charge >= 0.3 is 0 Å². The molecule has 1 fully saturated rings. The summed E-state index contributed by atoms with van der Waals surface area (Å²) in [5.74, 6) is 0. The van der Waals surface area contributed by atoms with E-state index < -0.39 is 10.0 Å². The normalized spacial score (nSPS) is 20.3.